The highest BCUT2D eigenvalue weighted by Gasteiger charge is 2.47. The van der Waals surface area contributed by atoms with Crippen LogP contribution in [-0.4, -0.2) is 16.6 Å². The highest BCUT2D eigenvalue weighted by atomic mass is 16.4. The lowest BCUT2D eigenvalue weighted by Crippen LogP contribution is -2.45. The fourth-order valence-corrected chi connectivity index (χ4v) is 2.27. The summed E-state index contributed by atoms with van der Waals surface area (Å²) in [6.45, 7) is 6.06. The van der Waals surface area contributed by atoms with E-state index >= 15 is 0 Å². The Morgan fingerprint density at radius 2 is 2.11 bits per heavy atom. The topological polar surface area (TPSA) is 49.3 Å². The molecule has 3 heteroatoms. The second kappa shape index (κ2) is 4.63. The Morgan fingerprint density at radius 1 is 1.44 bits per heavy atom. The van der Waals surface area contributed by atoms with Crippen molar-refractivity contribution < 1.29 is 9.90 Å². The molecular weight excluding hydrogens is 226 g/mol. The number of carboxylic acids is 1. The van der Waals surface area contributed by atoms with Crippen LogP contribution in [0, 0.1) is 5.92 Å². The van der Waals surface area contributed by atoms with E-state index in [0.29, 0.717) is 5.92 Å². The molecule has 1 fully saturated rings. The molecule has 3 nitrogen and oxygen atoms in total. The number of hydrogen-bond donors (Lipinski definition) is 2. The van der Waals surface area contributed by atoms with Crippen LogP contribution in [0.2, 0.25) is 0 Å². The highest BCUT2D eigenvalue weighted by molar-refractivity contribution is 5.83. The Labute approximate surface area is 108 Å². The van der Waals surface area contributed by atoms with Crippen molar-refractivity contribution in [2.24, 2.45) is 5.92 Å². The normalized spacial score (nSPS) is 18.4. The zero-order valence-electron chi connectivity index (χ0n) is 11.2. The molecule has 1 atom stereocenters. The Hall–Kier alpha value is -1.51. The number of carboxylic acid groups (broad SMARTS) is 1. The number of aliphatic carboxylic acids is 1. The summed E-state index contributed by atoms with van der Waals surface area (Å²) in [5.41, 5.74) is 1.29. The molecule has 1 aliphatic rings. The van der Waals surface area contributed by atoms with Gasteiger partial charge in [0.05, 0.1) is 0 Å². The molecule has 1 aliphatic carbocycles. The zero-order valence-corrected chi connectivity index (χ0v) is 11.2. The molecule has 2 rings (SSSR count). The maximum absolute atomic E-state index is 11.5. The van der Waals surface area contributed by atoms with Gasteiger partial charge in [-0.25, -0.2) is 4.79 Å². The molecule has 0 aliphatic heterocycles. The first kappa shape index (κ1) is 12.9. The molecule has 0 spiro atoms. The molecule has 0 aromatic heterocycles. The Kier molecular flexibility index (Phi) is 3.33. The predicted octanol–water partition coefficient (Wildman–Crippen LogP) is 3.48. The van der Waals surface area contributed by atoms with Crippen molar-refractivity contribution in [2.75, 3.05) is 5.32 Å². The van der Waals surface area contributed by atoms with Gasteiger partial charge in [0.1, 0.15) is 5.54 Å². The molecular formula is C15H21NO2. The number of rotatable bonds is 5. The first-order valence-corrected chi connectivity index (χ1v) is 6.55. The van der Waals surface area contributed by atoms with E-state index in [9.17, 15) is 9.90 Å². The van der Waals surface area contributed by atoms with E-state index in [-0.39, 0.29) is 5.92 Å². The lowest BCUT2D eigenvalue weighted by atomic mass is 9.95. The van der Waals surface area contributed by atoms with Crippen LogP contribution >= 0.6 is 0 Å². The van der Waals surface area contributed by atoms with Crippen molar-refractivity contribution in [2.45, 2.75) is 45.1 Å². The number of anilines is 1. The lowest BCUT2D eigenvalue weighted by Gasteiger charge is -2.27. The van der Waals surface area contributed by atoms with Gasteiger partial charge in [-0.3, -0.25) is 0 Å². The summed E-state index contributed by atoms with van der Waals surface area (Å²) in [5, 5.41) is 12.6. The van der Waals surface area contributed by atoms with Gasteiger partial charge in [0, 0.05) is 5.69 Å². The summed E-state index contributed by atoms with van der Waals surface area (Å²) in [5.74, 6) is -0.0681. The van der Waals surface area contributed by atoms with Crippen LogP contribution in [0.4, 0.5) is 5.69 Å². The minimum Gasteiger partial charge on any atom is -0.480 e. The maximum Gasteiger partial charge on any atom is 0.329 e. The quantitative estimate of drug-likeness (QED) is 0.837. The standard InChI is InChI=1S/C15H21NO2/c1-10(2)11-5-4-6-13(9-11)16-15(3,14(17)18)12-7-8-12/h4-6,9-10,12,16H,7-8H2,1-3H3,(H,17,18). The van der Waals surface area contributed by atoms with Crippen LogP contribution in [0.1, 0.15) is 45.1 Å². The molecule has 98 valence electrons. The van der Waals surface area contributed by atoms with Crippen LogP contribution in [-0.2, 0) is 4.79 Å². The zero-order chi connectivity index (χ0) is 13.3. The Balaban J connectivity index is 2.21. The largest absolute Gasteiger partial charge is 0.480 e. The molecule has 2 N–H and O–H groups in total. The van der Waals surface area contributed by atoms with E-state index < -0.39 is 11.5 Å². The molecule has 1 aromatic rings. The van der Waals surface area contributed by atoms with Crippen molar-refractivity contribution in [3.05, 3.63) is 29.8 Å². The monoisotopic (exact) mass is 247 g/mol. The third kappa shape index (κ3) is 2.50. The SMILES string of the molecule is CC(C)c1cccc(NC(C)(C(=O)O)C2CC2)c1. The smallest absolute Gasteiger partial charge is 0.329 e. The van der Waals surface area contributed by atoms with E-state index in [1.165, 1.54) is 5.56 Å². The average Bonchev–Trinajstić information content (AvgIpc) is 3.13. The van der Waals surface area contributed by atoms with Crippen LogP contribution in [0.15, 0.2) is 24.3 Å². The first-order chi connectivity index (χ1) is 8.43. The van der Waals surface area contributed by atoms with E-state index in [2.05, 4.69) is 25.2 Å². The molecule has 0 radical (unpaired) electrons. The van der Waals surface area contributed by atoms with Gasteiger partial charge in [0.25, 0.3) is 0 Å². The summed E-state index contributed by atoms with van der Waals surface area (Å²) >= 11 is 0. The van der Waals surface area contributed by atoms with Gasteiger partial charge in [-0.1, -0.05) is 26.0 Å². The second-order valence-corrected chi connectivity index (χ2v) is 5.69. The summed E-state index contributed by atoms with van der Waals surface area (Å²) in [6, 6.07) is 8.04. The highest BCUT2D eigenvalue weighted by Crippen LogP contribution is 2.41. The average molecular weight is 247 g/mol. The molecule has 1 aromatic carbocycles. The summed E-state index contributed by atoms with van der Waals surface area (Å²) in [6.07, 6.45) is 2.00. The van der Waals surface area contributed by atoms with Gasteiger partial charge in [0.15, 0.2) is 0 Å². The van der Waals surface area contributed by atoms with E-state index in [1.807, 2.05) is 18.2 Å². The van der Waals surface area contributed by atoms with Crippen molar-refractivity contribution in [1.29, 1.82) is 0 Å². The van der Waals surface area contributed by atoms with E-state index in [1.54, 1.807) is 6.92 Å². The Bertz CT molecular complexity index is 452. The molecule has 18 heavy (non-hydrogen) atoms. The van der Waals surface area contributed by atoms with Crippen LogP contribution in [0.3, 0.4) is 0 Å². The van der Waals surface area contributed by atoms with Gasteiger partial charge in [-0.15, -0.1) is 0 Å². The van der Waals surface area contributed by atoms with Crippen molar-refractivity contribution >= 4 is 11.7 Å². The van der Waals surface area contributed by atoms with Crippen molar-refractivity contribution in [1.82, 2.24) is 0 Å². The Morgan fingerprint density at radius 3 is 2.61 bits per heavy atom. The third-order valence-corrected chi connectivity index (χ3v) is 3.80. The van der Waals surface area contributed by atoms with E-state index in [0.717, 1.165) is 18.5 Å². The van der Waals surface area contributed by atoms with E-state index in [4.69, 9.17) is 0 Å². The minimum absolute atomic E-state index is 0.248. The molecule has 0 bridgehead atoms. The molecule has 0 amide bonds. The maximum atomic E-state index is 11.5. The van der Waals surface area contributed by atoms with Crippen molar-refractivity contribution in [3.8, 4) is 0 Å². The number of nitrogens with one attached hydrogen (secondary N) is 1. The number of benzene rings is 1. The molecule has 1 saturated carbocycles. The van der Waals surface area contributed by atoms with Crippen LogP contribution in [0.25, 0.3) is 0 Å². The first-order valence-electron chi connectivity index (χ1n) is 6.55. The predicted molar refractivity (Wildman–Crippen MR) is 72.9 cm³/mol. The third-order valence-electron chi connectivity index (χ3n) is 3.80. The fraction of sp³-hybridized carbons (Fsp3) is 0.533. The number of hydrogen-bond acceptors (Lipinski definition) is 2. The van der Waals surface area contributed by atoms with Crippen molar-refractivity contribution in [3.63, 3.8) is 0 Å². The second-order valence-electron chi connectivity index (χ2n) is 5.69. The lowest BCUT2D eigenvalue weighted by molar-refractivity contribution is -0.142. The molecule has 0 heterocycles. The van der Waals surface area contributed by atoms with Gasteiger partial charge in [-0.2, -0.15) is 0 Å². The summed E-state index contributed by atoms with van der Waals surface area (Å²) in [7, 11) is 0. The van der Waals surface area contributed by atoms with Gasteiger partial charge >= 0.3 is 5.97 Å². The van der Waals surface area contributed by atoms with Gasteiger partial charge < -0.3 is 10.4 Å². The minimum atomic E-state index is -0.838. The molecule has 1 unspecified atom stereocenters. The van der Waals surface area contributed by atoms with Crippen LogP contribution in [0.5, 0.6) is 0 Å². The fourth-order valence-electron chi connectivity index (χ4n) is 2.27. The van der Waals surface area contributed by atoms with Gasteiger partial charge in [0.2, 0.25) is 0 Å². The summed E-state index contributed by atoms with van der Waals surface area (Å²) < 4.78 is 0. The van der Waals surface area contributed by atoms with Crippen LogP contribution < -0.4 is 5.32 Å². The molecule has 0 saturated heterocycles. The number of carbonyl (C=O) groups is 1. The summed E-state index contributed by atoms with van der Waals surface area (Å²) in [4.78, 5) is 11.5. The van der Waals surface area contributed by atoms with Gasteiger partial charge in [-0.05, 0) is 49.3 Å².